The minimum atomic E-state index is -3.53. The van der Waals surface area contributed by atoms with Crippen LogP contribution in [0.25, 0.3) is 0 Å². The van der Waals surface area contributed by atoms with E-state index in [4.69, 9.17) is 5.73 Å². The Kier molecular flexibility index (Phi) is 2.89. The molecule has 1 saturated carbocycles. The third kappa shape index (κ3) is 2.33. The first kappa shape index (κ1) is 11.7. The highest BCUT2D eigenvalue weighted by molar-refractivity contribution is 7.91. The number of nitrogens with zero attached hydrogens (tertiary/aromatic N) is 2. The largest absolute Gasteiger partial charge is 0.374 e. The van der Waals surface area contributed by atoms with Crippen LogP contribution in [0.3, 0.4) is 0 Å². The first-order valence-corrected chi connectivity index (χ1v) is 7.36. The van der Waals surface area contributed by atoms with E-state index in [1.165, 1.54) is 0 Å². The number of aromatic nitrogens is 2. The molecule has 6 nitrogen and oxygen atoms in total. The summed E-state index contributed by atoms with van der Waals surface area (Å²) < 4.78 is 26.1. The molecule has 1 aromatic heterocycles. The van der Waals surface area contributed by atoms with E-state index < -0.39 is 10.0 Å². The molecule has 2 rings (SSSR count). The van der Waals surface area contributed by atoms with E-state index in [2.05, 4.69) is 21.8 Å². The van der Waals surface area contributed by atoms with Crippen molar-refractivity contribution < 1.29 is 8.42 Å². The van der Waals surface area contributed by atoms with Crippen LogP contribution in [0.5, 0.6) is 0 Å². The molecule has 1 aromatic rings. The smallest absolute Gasteiger partial charge is 0.269 e. The molecule has 1 aliphatic rings. The van der Waals surface area contributed by atoms with Crippen molar-refractivity contribution in [2.75, 3.05) is 12.3 Å². The zero-order chi connectivity index (χ0) is 11.8. The van der Waals surface area contributed by atoms with Gasteiger partial charge in [-0.05, 0) is 24.7 Å². The summed E-state index contributed by atoms with van der Waals surface area (Å²) in [6.45, 7) is 2.55. The van der Waals surface area contributed by atoms with Gasteiger partial charge in [-0.25, -0.2) is 13.1 Å². The second-order valence-electron chi connectivity index (χ2n) is 4.08. The SMILES string of the molecule is CCC1(CNS(=O)(=O)c2nnc(N)s2)CC1. The Morgan fingerprint density at radius 1 is 1.50 bits per heavy atom. The molecule has 3 N–H and O–H groups in total. The van der Waals surface area contributed by atoms with Crippen molar-refractivity contribution in [2.24, 2.45) is 5.41 Å². The predicted octanol–water partition coefficient (Wildman–Crippen LogP) is 0.589. The third-order valence-corrected chi connectivity index (χ3v) is 5.52. The number of nitrogens with one attached hydrogen (secondary N) is 1. The first-order chi connectivity index (χ1) is 7.47. The van der Waals surface area contributed by atoms with E-state index in [1.807, 2.05) is 0 Å². The molecule has 1 heterocycles. The van der Waals surface area contributed by atoms with E-state index in [1.54, 1.807) is 0 Å². The predicted molar refractivity (Wildman–Crippen MR) is 61.5 cm³/mol. The number of nitrogen functional groups attached to an aromatic ring is 1. The topological polar surface area (TPSA) is 98.0 Å². The first-order valence-electron chi connectivity index (χ1n) is 5.06. The summed E-state index contributed by atoms with van der Waals surface area (Å²) in [6.07, 6.45) is 3.17. The zero-order valence-electron chi connectivity index (χ0n) is 8.93. The highest BCUT2D eigenvalue weighted by Gasteiger charge is 2.41. The average Bonchev–Trinajstić information content (AvgIpc) is 2.91. The van der Waals surface area contributed by atoms with Crippen LogP contribution in [0.4, 0.5) is 5.13 Å². The quantitative estimate of drug-likeness (QED) is 0.809. The molecule has 16 heavy (non-hydrogen) atoms. The normalized spacial score (nSPS) is 18.6. The average molecular weight is 262 g/mol. The van der Waals surface area contributed by atoms with Crippen LogP contribution in [-0.2, 0) is 10.0 Å². The Balaban J connectivity index is 2.04. The van der Waals surface area contributed by atoms with Gasteiger partial charge in [-0.3, -0.25) is 0 Å². The second-order valence-corrected chi connectivity index (χ2v) is 7.03. The molecule has 0 amide bonds. The van der Waals surface area contributed by atoms with E-state index >= 15 is 0 Å². The van der Waals surface area contributed by atoms with Crippen molar-refractivity contribution in [1.82, 2.24) is 14.9 Å². The number of hydrogen-bond acceptors (Lipinski definition) is 6. The van der Waals surface area contributed by atoms with Crippen LogP contribution in [0, 0.1) is 5.41 Å². The maximum Gasteiger partial charge on any atom is 0.269 e. The van der Waals surface area contributed by atoms with Crippen molar-refractivity contribution in [1.29, 1.82) is 0 Å². The monoisotopic (exact) mass is 262 g/mol. The Hall–Kier alpha value is -0.730. The molecule has 0 unspecified atom stereocenters. The molecule has 1 aliphatic carbocycles. The highest BCUT2D eigenvalue weighted by atomic mass is 32.2. The fourth-order valence-electron chi connectivity index (χ4n) is 1.47. The number of anilines is 1. The number of nitrogens with two attached hydrogens (primary N) is 1. The van der Waals surface area contributed by atoms with Crippen LogP contribution in [0.15, 0.2) is 4.34 Å². The van der Waals surface area contributed by atoms with Gasteiger partial charge in [-0.15, -0.1) is 10.2 Å². The Morgan fingerprint density at radius 2 is 2.19 bits per heavy atom. The summed E-state index contributed by atoms with van der Waals surface area (Å²) >= 11 is 0.878. The van der Waals surface area contributed by atoms with Gasteiger partial charge in [0.2, 0.25) is 9.47 Å². The lowest BCUT2D eigenvalue weighted by molar-refractivity contribution is 0.475. The van der Waals surface area contributed by atoms with E-state index in [0.717, 1.165) is 30.6 Å². The standard InChI is InChI=1S/C8H14N4O2S2/c1-2-8(3-4-8)5-10-16(13,14)7-12-11-6(9)15-7/h10H,2-5H2,1H3,(H2,9,11). The van der Waals surface area contributed by atoms with Gasteiger partial charge in [-0.2, -0.15) is 0 Å². The fraction of sp³-hybridized carbons (Fsp3) is 0.750. The van der Waals surface area contributed by atoms with Gasteiger partial charge in [-0.1, -0.05) is 18.3 Å². The third-order valence-electron chi connectivity index (χ3n) is 3.00. The lowest BCUT2D eigenvalue weighted by Gasteiger charge is -2.12. The molecule has 0 radical (unpaired) electrons. The Morgan fingerprint density at radius 3 is 2.62 bits per heavy atom. The molecule has 0 saturated heterocycles. The minimum absolute atomic E-state index is 0.0584. The van der Waals surface area contributed by atoms with Crippen LogP contribution in [0.2, 0.25) is 0 Å². The molecule has 90 valence electrons. The van der Waals surface area contributed by atoms with Crippen molar-refractivity contribution in [2.45, 2.75) is 30.5 Å². The molecule has 0 spiro atoms. The maximum absolute atomic E-state index is 11.8. The summed E-state index contributed by atoms with van der Waals surface area (Å²) in [6, 6.07) is 0. The minimum Gasteiger partial charge on any atom is -0.374 e. The van der Waals surface area contributed by atoms with Crippen LogP contribution < -0.4 is 10.5 Å². The summed E-state index contributed by atoms with van der Waals surface area (Å²) in [7, 11) is -3.53. The maximum atomic E-state index is 11.8. The summed E-state index contributed by atoms with van der Waals surface area (Å²) in [5, 5.41) is 7.18. The highest BCUT2D eigenvalue weighted by Crippen LogP contribution is 2.48. The van der Waals surface area contributed by atoms with Gasteiger partial charge in [0.1, 0.15) is 0 Å². The van der Waals surface area contributed by atoms with Crippen molar-refractivity contribution in [3.8, 4) is 0 Å². The lowest BCUT2D eigenvalue weighted by Crippen LogP contribution is -2.30. The number of sulfonamides is 1. The van der Waals surface area contributed by atoms with Crippen molar-refractivity contribution >= 4 is 26.5 Å². The van der Waals surface area contributed by atoms with Gasteiger partial charge in [0.15, 0.2) is 0 Å². The molecule has 0 aliphatic heterocycles. The summed E-state index contributed by atoms with van der Waals surface area (Å²) in [5.41, 5.74) is 5.52. The molecule has 0 atom stereocenters. The fourth-order valence-corrected chi connectivity index (χ4v) is 3.45. The van der Waals surface area contributed by atoms with Gasteiger partial charge in [0.25, 0.3) is 10.0 Å². The lowest BCUT2D eigenvalue weighted by atomic mass is 10.1. The molecular weight excluding hydrogens is 248 g/mol. The summed E-state index contributed by atoms with van der Waals surface area (Å²) in [4.78, 5) is 0. The van der Waals surface area contributed by atoms with Crippen LogP contribution in [-0.4, -0.2) is 25.2 Å². The van der Waals surface area contributed by atoms with Crippen LogP contribution in [0.1, 0.15) is 26.2 Å². The molecule has 0 aromatic carbocycles. The molecule has 1 fully saturated rings. The van der Waals surface area contributed by atoms with Crippen molar-refractivity contribution in [3.63, 3.8) is 0 Å². The van der Waals surface area contributed by atoms with E-state index in [-0.39, 0.29) is 14.9 Å². The Labute approximate surface area is 98.3 Å². The van der Waals surface area contributed by atoms with E-state index in [0.29, 0.717) is 6.54 Å². The second kappa shape index (κ2) is 3.94. The Bertz CT molecular complexity index is 478. The van der Waals surface area contributed by atoms with Gasteiger partial charge in [0.05, 0.1) is 0 Å². The molecule has 8 heteroatoms. The van der Waals surface area contributed by atoms with Crippen LogP contribution >= 0.6 is 11.3 Å². The van der Waals surface area contributed by atoms with Crippen molar-refractivity contribution in [3.05, 3.63) is 0 Å². The number of hydrogen-bond donors (Lipinski definition) is 2. The van der Waals surface area contributed by atoms with Gasteiger partial charge < -0.3 is 5.73 Å². The number of rotatable bonds is 5. The summed E-state index contributed by atoms with van der Waals surface area (Å²) in [5.74, 6) is 0. The van der Waals surface area contributed by atoms with E-state index in [9.17, 15) is 8.42 Å². The van der Waals surface area contributed by atoms with Gasteiger partial charge >= 0.3 is 0 Å². The molecular formula is C8H14N4O2S2. The zero-order valence-corrected chi connectivity index (χ0v) is 10.6. The van der Waals surface area contributed by atoms with Gasteiger partial charge in [0, 0.05) is 6.54 Å². The molecule has 0 bridgehead atoms.